The van der Waals surface area contributed by atoms with Gasteiger partial charge in [0.1, 0.15) is 0 Å². The zero-order valence-electron chi connectivity index (χ0n) is 10.1. The molecule has 92 valence electrons. The molecule has 2 aromatic rings. The van der Waals surface area contributed by atoms with Crippen LogP contribution in [0.2, 0.25) is 0 Å². The molecular weight excluding hydrogens is 228 g/mol. The molecule has 0 atom stereocenters. The maximum Gasteiger partial charge on any atom is 0.157 e. The number of benzene rings is 1. The van der Waals surface area contributed by atoms with Gasteiger partial charge < -0.3 is 10.5 Å². The molecule has 1 aromatic carbocycles. The first kappa shape index (κ1) is 12.0. The molecule has 2 N–H and O–H groups in total. The molecule has 2 rings (SSSR count). The van der Waals surface area contributed by atoms with Crippen molar-refractivity contribution in [2.45, 2.75) is 13.3 Å². The van der Waals surface area contributed by atoms with Crippen molar-refractivity contribution in [2.24, 2.45) is 0 Å². The van der Waals surface area contributed by atoms with Crippen molar-refractivity contribution < 1.29 is 4.74 Å². The first-order valence-electron chi connectivity index (χ1n) is 5.67. The second kappa shape index (κ2) is 5.23. The van der Waals surface area contributed by atoms with E-state index in [-0.39, 0.29) is 0 Å². The summed E-state index contributed by atoms with van der Waals surface area (Å²) in [7, 11) is 0. The first-order chi connectivity index (χ1) is 8.74. The van der Waals surface area contributed by atoms with Gasteiger partial charge in [-0.05, 0) is 30.7 Å². The van der Waals surface area contributed by atoms with Gasteiger partial charge in [0.2, 0.25) is 0 Å². The Kier molecular flexibility index (Phi) is 3.49. The Morgan fingerprint density at radius 3 is 3.06 bits per heavy atom. The average Bonchev–Trinajstić information content (AvgIpc) is 2.81. The Hall–Kier alpha value is -2.48. The zero-order valence-corrected chi connectivity index (χ0v) is 10.1. The summed E-state index contributed by atoms with van der Waals surface area (Å²) in [6, 6.07) is 7.60. The van der Waals surface area contributed by atoms with Crippen LogP contribution in [0.1, 0.15) is 12.5 Å². The van der Waals surface area contributed by atoms with Gasteiger partial charge in [-0.1, -0.05) is 0 Å². The summed E-state index contributed by atoms with van der Waals surface area (Å²) in [6.45, 7) is 2.53. The van der Waals surface area contributed by atoms with E-state index in [4.69, 9.17) is 15.7 Å². The smallest absolute Gasteiger partial charge is 0.157 e. The molecule has 0 saturated carbocycles. The van der Waals surface area contributed by atoms with Crippen LogP contribution in [0.5, 0.6) is 5.75 Å². The molecule has 0 saturated heterocycles. The van der Waals surface area contributed by atoms with E-state index in [1.54, 1.807) is 23.1 Å². The third-order valence-electron chi connectivity index (χ3n) is 2.53. The van der Waals surface area contributed by atoms with Crippen LogP contribution in [-0.2, 0) is 6.42 Å². The van der Waals surface area contributed by atoms with Crippen LogP contribution in [0.4, 0.5) is 5.69 Å². The minimum Gasteiger partial charge on any atom is -0.491 e. The van der Waals surface area contributed by atoms with Gasteiger partial charge in [0.15, 0.2) is 5.75 Å². The van der Waals surface area contributed by atoms with Gasteiger partial charge in [-0.3, -0.25) is 0 Å². The van der Waals surface area contributed by atoms with E-state index >= 15 is 0 Å². The molecule has 0 radical (unpaired) electrons. The highest BCUT2D eigenvalue weighted by Gasteiger charge is 2.05. The van der Waals surface area contributed by atoms with Crippen molar-refractivity contribution in [2.75, 3.05) is 12.3 Å². The van der Waals surface area contributed by atoms with Crippen molar-refractivity contribution in [3.8, 4) is 17.5 Å². The van der Waals surface area contributed by atoms with Gasteiger partial charge in [0.25, 0.3) is 0 Å². The molecule has 0 bridgehead atoms. The number of nitriles is 1. The molecule has 0 unspecified atom stereocenters. The van der Waals surface area contributed by atoms with Gasteiger partial charge >= 0.3 is 0 Å². The van der Waals surface area contributed by atoms with Gasteiger partial charge in [-0.15, -0.1) is 0 Å². The summed E-state index contributed by atoms with van der Waals surface area (Å²) < 4.78 is 7.05. The minimum absolute atomic E-state index is 0.291. The second-order valence-electron chi connectivity index (χ2n) is 3.77. The number of nitrogen functional groups attached to an aromatic ring is 1. The predicted molar refractivity (Wildman–Crippen MR) is 68.5 cm³/mol. The molecule has 0 amide bonds. The lowest BCUT2D eigenvalue weighted by molar-refractivity contribution is 0.340. The van der Waals surface area contributed by atoms with Gasteiger partial charge in [0, 0.05) is 5.69 Å². The number of ether oxygens (including phenoxy) is 1. The fraction of sp³-hybridized carbons (Fsp3) is 0.231. The molecular formula is C13H14N4O. The van der Waals surface area contributed by atoms with Gasteiger partial charge in [-0.25, -0.2) is 4.68 Å². The summed E-state index contributed by atoms with van der Waals surface area (Å²) in [4.78, 5) is 0. The maximum atomic E-state index is 8.73. The molecule has 0 spiro atoms. The van der Waals surface area contributed by atoms with E-state index in [0.717, 1.165) is 17.0 Å². The lowest BCUT2D eigenvalue weighted by atomic mass is 10.1. The average molecular weight is 242 g/mol. The lowest BCUT2D eigenvalue weighted by Crippen LogP contribution is -1.99. The number of hydrogen-bond acceptors (Lipinski definition) is 4. The Bertz CT molecular complexity index is 583. The summed E-state index contributed by atoms with van der Waals surface area (Å²) in [5, 5.41) is 12.9. The van der Waals surface area contributed by atoms with Crippen molar-refractivity contribution in [3.63, 3.8) is 0 Å². The number of anilines is 1. The molecule has 0 aliphatic carbocycles. The molecule has 5 nitrogen and oxygen atoms in total. The van der Waals surface area contributed by atoms with Crippen LogP contribution in [0.15, 0.2) is 30.6 Å². The molecule has 18 heavy (non-hydrogen) atoms. The zero-order chi connectivity index (χ0) is 13.0. The second-order valence-corrected chi connectivity index (χ2v) is 3.77. The Labute approximate surface area is 105 Å². The molecule has 5 heteroatoms. The third kappa shape index (κ3) is 2.43. The van der Waals surface area contributed by atoms with Crippen LogP contribution in [0.25, 0.3) is 5.69 Å². The number of nitrogens with two attached hydrogens (primary N) is 1. The predicted octanol–water partition coefficient (Wildman–Crippen LogP) is 1.92. The topological polar surface area (TPSA) is 76.9 Å². The SMILES string of the molecule is CCOc1cnn(-c2ccc(N)c(CC#N)c2)c1. The highest BCUT2D eigenvalue weighted by molar-refractivity contribution is 5.53. The summed E-state index contributed by atoms with van der Waals surface area (Å²) >= 11 is 0. The Morgan fingerprint density at radius 1 is 1.50 bits per heavy atom. The summed E-state index contributed by atoms with van der Waals surface area (Å²) in [6.07, 6.45) is 3.74. The molecule has 1 aromatic heterocycles. The van der Waals surface area contributed by atoms with Crippen LogP contribution >= 0.6 is 0 Å². The van der Waals surface area contributed by atoms with Gasteiger partial charge in [0.05, 0.1) is 37.2 Å². The largest absolute Gasteiger partial charge is 0.491 e. The molecule has 1 heterocycles. The fourth-order valence-electron chi connectivity index (χ4n) is 1.66. The highest BCUT2D eigenvalue weighted by atomic mass is 16.5. The van der Waals surface area contributed by atoms with Crippen molar-refractivity contribution in [1.29, 1.82) is 5.26 Å². The highest BCUT2D eigenvalue weighted by Crippen LogP contribution is 2.19. The quantitative estimate of drug-likeness (QED) is 0.831. The normalized spacial score (nSPS) is 10.0. The van der Waals surface area contributed by atoms with E-state index in [1.165, 1.54) is 0 Å². The van der Waals surface area contributed by atoms with E-state index in [0.29, 0.717) is 18.7 Å². The van der Waals surface area contributed by atoms with E-state index in [9.17, 15) is 0 Å². The molecule has 0 aliphatic rings. The standard InChI is InChI=1S/C13H14N4O/c1-2-18-12-8-16-17(9-12)11-3-4-13(15)10(7-11)5-6-14/h3-4,7-9H,2,5,15H2,1H3. The summed E-state index contributed by atoms with van der Waals surface area (Å²) in [5.74, 6) is 0.719. The molecule has 0 aliphatic heterocycles. The Morgan fingerprint density at radius 2 is 2.33 bits per heavy atom. The third-order valence-corrected chi connectivity index (χ3v) is 2.53. The number of aromatic nitrogens is 2. The first-order valence-corrected chi connectivity index (χ1v) is 5.67. The number of nitrogens with zero attached hydrogens (tertiary/aromatic N) is 3. The monoisotopic (exact) mass is 242 g/mol. The summed E-state index contributed by atoms with van der Waals surface area (Å²) in [5.41, 5.74) is 8.09. The van der Waals surface area contributed by atoms with Crippen LogP contribution in [0, 0.1) is 11.3 Å². The van der Waals surface area contributed by atoms with Crippen molar-refractivity contribution in [1.82, 2.24) is 9.78 Å². The Balaban J connectivity index is 2.32. The molecule has 0 fully saturated rings. The van der Waals surface area contributed by atoms with Crippen LogP contribution in [0.3, 0.4) is 0 Å². The van der Waals surface area contributed by atoms with Crippen molar-refractivity contribution >= 4 is 5.69 Å². The van der Waals surface area contributed by atoms with E-state index in [2.05, 4.69) is 11.2 Å². The van der Waals surface area contributed by atoms with Crippen LogP contribution < -0.4 is 10.5 Å². The number of rotatable bonds is 4. The maximum absolute atomic E-state index is 8.73. The van der Waals surface area contributed by atoms with Crippen LogP contribution in [-0.4, -0.2) is 16.4 Å². The van der Waals surface area contributed by atoms with Gasteiger partial charge in [-0.2, -0.15) is 10.4 Å². The van der Waals surface area contributed by atoms with Crippen molar-refractivity contribution in [3.05, 3.63) is 36.2 Å². The van der Waals surface area contributed by atoms with E-state index < -0.39 is 0 Å². The fourth-order valence-corrected chi connectivity index (χ4v) is 1.66. The number of hydrogen-bond donors (Lipinski definition) is 1. The minimum atomic E-state index is 0.291. The van der Waals surface area contributed by atoms with E-state index in [1.807, 2.05) is 19.1 Å². The lowest BCUT2D eigenvalue weighted by Gasteiger charge is -2.06.